The predicted molar refractivity (Wildman–Crippen MR) is 72.1 cm³/mol. The van der Waals surface area contributed by atoms with Crippen molar-refractivity contribution in [2.75, 3.05) is 18.0 Å². The van der Waals surface area contributed by atoms with Crippen molar-refractivity contribution in [3.63, 3.8) is 0 Å². The molecule has 0 saturated carbocycles. The molecule has 2 heterocycles. The lowest BCUT2D eigenvalue weighted by molar-refractivity contribution is 0.178. The Labute approximate surface area is 104 Å². The van der Waals surface area contributed by atoms with Crippen LogP contribution in [-0.4, -0.2) is 24.2 Å². The van der Waals surface area contributed by atoms with Crippen molar-refractivity contribution in [3.8, 4) is 0 Å². The van der Waals surface area contributed by atoms with E-state index in [9.17, 15) is 0 Å². The number of anilines is 1. The van der Waals surface area contributed by atoms with Crippen molar-refractivity contribution in [1.29, 1.82) is 0 Å². The molecule has 0 N–H and O–H groups in total. The SMILES string of the molecule is CCCCN1Cc2ccccc2N2CCCC12. The van der Waals surface area contributed by atoms with Crippen molar-refractivity contribution in [1.82, 2.24) is 4.90 Å². The largest absolute Gasteiger partial charge is 0.355 e. The zero-order valence-electron chi connectivity index (χ0n) is 10.7. The summed E-state index contributed by atoms with van der Waals surface area (Å²) in [5, 5.41) is 0. The van der Waals surface area contributed by atoms with Crippen LogP contribution in [0.5, 0.6) is 0 Å². The Morgan fingerprint density at radius 3 is 3.06 bits per heavy atom. The highest BCUT2D eigenvalue weighted by atomic mass is 15.4. The van der Waals surface area contributed by atoms with Crippen LogP contribution in [0.3, 0.4) is 0 Å². The topological polar surface area (TPSA) is 6.48 Å². The van der Waals surface area contributed by atoms with Gasteiger partial charge in [0.25, 0.3) is 0 Å². The molecule has 2 heteroatoms. The van der Waals surface area contributed by atoms with Crippen LogP contribution in [0.25, 0.3) is 0 Å². The van der Waals surface area contributed by atoms with Gasteiger partial charge in [0.2, 0.25) is 0 Å². The predicted octanol–water partition coefficient (Wildman–Crippen LogP) is 3.23. The van der Waals surface area contributed by atoms with Gasteiger partial charge < -0.3 is 4.90 Å². The van der Waals surface area contributed by atoms with Gasteiger partial charge in [-0.1, -0.05) is 31.5 Å². The molecule has 1 fully saturated rings. The molecule has 0 radical (unpaired) electrons. The van der Waals surface area contributed by atoms with Gasteiger partial charge in [0.05, 0.1) is 6.17 Å². The highest BCUT2D eigenvalue weighted by Crippen LogP contribution is 2.36. The third kappa shape index (κ3) is 1.95. The van der Waals surface area contributed by atoms with Gasteiger partial charge in [-0.3, -0.25) is 4.90 Å². The first-order chi connectivity index (χ1) is 8.40. The van der Waals surface area contributed by atoms with Crippen LogP contribution >= 0.6 is 0 Å². The van der Waals surface area contributed by atoms with Gasteiger partial charge in [-0.25, -0.2) is 0 Å². The van der Waals surface area contributed by atoms with Gasteiger partial charge in [-0.15, -0.1) is 0 Å². The molecule has 1 aromatic carbocycles. The molecule has 1 saturated heterocycles. The number of nitrogens with zero attached hydrogens (tertiary/aromatic N) is 2. The highest BCUT2D eigenvalue weighted by molar-refractivity contribution is 5.56. The number of hydrogen-bond donors (Lipinski definition) is 0. The van der Waals surface area contributed by atoms with E-state index in [0.717, 1.165) is 6.54 Å². The van der Waals surface area contributed by atoms with Gasteiger partial charge >= 0.3 is 0 Å². The maximum Gasteiger partial charge on any atom is 0.0824 e. The molecule has 2 nitrogen and oxygen atoms in total. The number of para-hydroxylation sites is 1. The van der Waals surface area contributed by atoms with Crippen molar-refractivity contribution in [3.05, 3.63) is 29.8 Å². The molecule has 92 valence electrons. The molecule has 2 aliphatic rings. The first-order valence-corrected chi connectivity index (χ1v) is 6.98. The Kier molecular flexibility index (Phi) is 3.06. The van der Waals surface area contributed by atoms with E-state index < -0.39 is 0 Å². The van der Waals surface area contributed by atoms with Crippen molar-refractivity contribution in [2.24, 2.45) is 0 Å². The standard InChI is InChI=1S/C15H22N2/c1-2-3-10-16-12-13-7-4-5-8-14(13)17-11-6-9-15(16)17/h4-5,7-8,15H,2-3,6,9-12H2,1H3. The Morgan fingerprint density at radius 1 is 1.29 bits per heavy atom. The zero-order chi connectivity index (χ0) is 11.7. The molecule has 0 aliphatic carbocycles. The molecule has 2 aliphatic heterocycles. The fourth-order valence-electron chi connectivity index (χ4n) is 3.25. The minimum atomic E-state index is 0.677. The molecule has 0 spiro atoms. The molecular weight excluding hydrogens is 208 g/mol. The number of unbranched alkanes of at least 4 members (excludes halogenated alkanes) is 1. The van der Waals surface area contributed by atoms with Crippen LogP contribution in [0.1, 0.15) is 38.2 Å². The summed E-state index contributed by atoms with van der Waals surface area (Å²) in [6.45, 7) is 5.93. The van der Waals surface area contributed by atoms with E-state index >= 15 is 0 Å². The lowest BCUT2D eigenvalue weighted by Crippen LogP contribution is -2.48. The average Bonchev–Trinajstić information content (AvgIpc) is 2.85. The van der Waals surface area contributed by atoms with Crippen LogP contribution < -0.4 is 4.90 Å². The molecule has 0 amide bonds. The number of benzene rings is 1. The summed E-state index contributed by atoms with van der Waals surface area (Å²) in [7, 11) is 0. The molecular formula is C15H22N2. The van der Waals surface area contributed by atoms with E-state index in [-0.39, 0.29) is 0 Å². The summed E-state index contributed by atoms with van der Waals surface area (Å²) < 4.78 is 0. The summed E-state index contributed by atoms with van der Waals surface area (Å²) >= 11 is 0. The van der Waals surface area contributed by atoms with Crippen LogP contribution in [0.15, 0.2) is 24.3 Å². The highest BCUT2D eigenvalue weighted by Gasteiger charge is 2.34. The first kappa shape index (κ1) is 11.1. The van der Waals surface area contributed by atoms with Gasteiger partial charge in [0, 0.05) is 25.3 Å². The lowest BCUT2D eigenvalue weighted by atomic mass is 10.1. The van der Waals surface area contributed by atoms with Crippen LogP contribution in [0.2, 0.25) is 0 Å². The van der Waals surface area contributed by atoms with Crippen LogP contribution in [0.4, 0.5) is 5.69 Å². The monoisotopic (exact) mass is 230 g/mol. The van der Waals surface area contributed by atoms with Crippen LogP contribution in [0, 0.1) is 0 Å². The van der Waals surface area contributed by atoms with Gasteiger partial charge in [0.1, 0.15) is 0 Å². The summed E-state index contributed by atoms with van der Waals surface area (Å²) in [4.78, 5) is 5.30. The Bertz CT molecular complexity index is 388. The lowest BCUT2D eigenvalue weighted by Gasteiger charge is -2.42. The van der Waals surface area contributed by atoms with E-state index in [1.807, 2.05) is 0 Å². The molecule has 1 unspecified atom stereocenters. The minimum absolute atomic E-state index is 0.677. The van der Waals surface area contributed by atoms with Gasteiger partial charge in [-0.2, -0.15) is 0 Å². The summed E-state index contributed by atoms with van der Waals surface area (Å²) in [6.07, 6.45) is 5.99. The van der Waals surface area contributed by atoms with E-state index in [0.29, 0.717) is 6.17 Å². The second-order valence-corrected chi connectivity index (χ2v) is 5.27. The number of rotatable bonds is 3. The van der Waals surface area contributed by atoms with Crippen molar-refractivity contribution in [2.45, 2.75) is 45.3 Å². The van der Waals surface area contributed by atoms with E-state index in [4.69, 9.17) is 0 Å². The summed E-state index contributed by atoms with van der Waals surface area (Å²) in [6, 6.07) is 8.94. The number of fused-ring (bicyclic) bond motifs is 3. The molecule has 0 bridgehead atoms. The van der Waals surface area contributed by atoms with Gasteiger partial charge in [-0.05, 0) is 30.9 Å². The van der Waals surface area contributed by atoms with Crippen molar-refractivity contribution >= 4 is 5.69 Å². The molecule has 17 heavy (non-hydrogen) atoms. The fraction of sp³-hybridized carbons (Fsp3) is 0.600. The smallest absolute Gasteiger partial charge is 0.0824 e. The normalized spacial score (nSPS) is 23.6. The minimum Gasteiger partial charge on any atom is -0.355 e. The molecule has 1 atom stereocenters. The second-order valence-electron chi connectivity index (χ2n) is 5.27. The third-order valence-electron chi connectivity index (χ3n) is 4.12. The van der Waals surface area contributed by atoms with Crippen molar-refractivity contribution < 1.29 is 0 Å². The molecule has 0 aromatic heterocycles. The Balaban J connectivity index is 1.87. The summed E-state index contributed by atoms with van der Waals surface area (Å²) in [5.74, 6) is 0. The van der Waals surface area contributed by atoms with E-state index in [2.05, 4.69) is 41.0 Å². The molecule has 3 rings (SSSR count). The van der Waals surface area contributed by atoms with Gasteiger partial charge in [0.15, 0.2) is 0 Å². The quantitative estimate of drug-likeness (QED) is 0.786. The van der Waals surface area contributed by atoms with Crippen LogP contribution in [-0.2, 0) is 6.54 Å². The summed E-state index contributed by atoms with van der Waals surface area (Å²) in [5.41, 5.74) is 3.00. The zero-order valence-corrected chi connectivity index (χ0v) is 10.7. The Hall–Kier alpha value is -1.02. The first-order valence-electron chi connectivity index (χ1n) is 6.98. The average molecular weight is 230 g/mol. The maximum atomic E-state index is 2.68. The van der Waals surface area contributed by atoms with E-state index in [1.165, 1.54) is 50.0 Å². The third-order valence-corrected chi connectivity index (χ3v) is 4.12. The molecule has 1 aromatic rings. The second kappa shape index (κ2) is 4.69. The maximum absolute atomic E-state index is 2.68. The fourth-order valence-corrected chi connectivity index (χ4v) is 3.25. The van der Waals surface area contributed by atoms with E-state index in [1.54, 1.807) is 0 Å². The Morgan fingerprint density at radius 2 is 2.18 bits per heavy atom. The number of hydrogen-bond acceptors (Lipinski definition) is 2.